The maximum absolute atomic E-state index is 10.9. The molecule has 3 heteroatoms. The van der Waals surface area contributed by atoms with Crippen LogP contribution in [0.2, 0.25) is 5.02 Å². The number of aromatic amines is 1. The summed E-state index contributed by atoms with van der Waals surface area (Å²) in [5.74, 6) is 0.215. The molecule has 0 atom stereocenters. The minimum Gasteiger partial charge on any atom is -0.358 e. The highest BCUT2D eigenvalue weighted by molar-refractivity contribution is 6.30. The second-order valence-corrected chi connectivity index (χ2v) is 4.54. The standard InChI is InChI=1S/C14H14ClNO/c1-10(17)2-7-13-8-9-14(16-13)11-3-5-12(15)6-4-11/h3-6,8-9,16H,2,7H2,1H3. The molecule has 1 heterocycles. The average Bonchev–Trinajstić information content (AvgIpc) is 2.76. The van der Waals surface area contributed by atoms with Crippen molar-refractivity contribution in [3.05, 3.63) is 47.1 Å². The highest BCUT2D eigenvalue weighted by Gasteiger charge is 2.02. The van der Waals surface area contributed by atoms with Gasteiger partial charge in [0, 0.05) is 22.8 Å². The lowest BCUT2D eigenvalue weighted by Crippen LogP contribution is -1.93. The number of Topliss-reactive ketones (excluding diaryl/α,β-unsaturated/α-hetero) is 1. The van der Waals surface area contributed by atoms with Crippen LogP contribution < -0.4 is 0 Å². The maximum atomic E-state index is 10.9. The van der Waals surface area contributed by atoms with E-state index in [4.69, 9.17) is 11.6 Å². The number of rotatable bonds is 4. The van der Waals surface area contributed by atoms with Crippen molar-refractivity contribution in [2.45, 2.75) is 19.8 Å². The Balaban J connectivity index is 2.12. The summed E-state index contributed by atoms with van der Waals surface area (Å²) in [5, 5.41) is 0.733. The van der Waals surface area contributed by atoms with E-state index in [0.29, 0.717) is 6.42 Å². The van der Waals surface area contributed by atoms with Gasteiger partial charge in [0.05, 0.1) is 0 Å². The molecule has 0 bridgehead atoms. The smallest absolute Gasteiger partial charge is 0.130 e. The van der Waals surface area contributed by atoms with Crippen molar-refractivity contribution in [3.63, 3.8) is 0 Å². The van der Waals surface area contributed by atoms with Gasteiger partial charge >= 0.3 is 0 Å². The molecule has 1 aromatic heterocycles. The molecule has 1 N–H and O–H groups in total. The predicted octanol–water partition coefficient (Wildman–Crippen LogP) is 3.86. The number of carbonyl (C=O) groups excluding carboxylic acids is 1. The van der Waals surface area contributed by atoms with Gasteiger partial charge in [-0.05, 0) is 43.2 Å². The van der Waals surface area contributed by atoms with Gasteiger partial charge in [-0.25, -0.2) is 0 Å². The number of aromatic nitrogens is 1. The number of hydrogen-bond acceptors (Lipinski definition) is 1. The highest BCUT2D eigenvalue weighted by atomic mass is 35.5. The molecule has 2 aromatic rings. The summed E-state index contributed by atoms with van der Waals surface area (Å²) >= 11 is 5.84. The Kier molecular flexibility index (Phi) is 3.64. The molecular formula is C14H14ClNO. The molecule has 0 aliphatic rings. The van der Waals surface area contributed by atoms with Crippen LogP contribution >= 0.6 is 11.6 Å². The summed E-state index contributed by atoms with van der Waals surface area (Å²) in [6.45, 7) is 1.61. The molecular weight excluding hydrogens is 234 g/mol. The van der Waals surface area contributed by atoms with Crippen molar-refractivity contribution in [1.82, 2.24) is 4.98 Å². The number of benzene rings is 1. The van der Waals surface area contributed by atoms with E-state index in [9.17, 15) is 4.79 Å². The van der Waals surface area contributed by atoms with Crippen LogP contribution in [-0.2, 0) is 11.2 Å². The van der Waals surface area contributed by atoms with E-state index in [1.54, 1.807) is 6.92 Å². The number of carbonyl (C=O) groups is 1. The fraction of sp³-hybridized carbons (Fsp3) is 0.214. The van der Waals surface area contributed by atoms with E-state index in [2.05, 4.69) is 4.98 Å². The average molecular weight is 248 g/mol. The van der Waals surface area contributed by atoms with Crippen LogP contribution in [-0.4, -0.2) is 10.8 Å². The Morgan fingerprint density at radius 3 is 2.53 bits per heavy atom. The molecule has 2 rings (SSSR count). The van der Waals surface area contributed by atoms with E-state index in [-0.39, 0.29) is 5.78 Å². The number of aryl methyl sites for hydroxylation is 1. The number of hydrogen-bond donors (Lipinski definition) is 1. The lowest BCUT2D eigenvalue weighted by atomic mass is 10.2. The lowest BCUT2D eigenvalue weighted by Gasteiger charge is -1.99. The number of H-pyrrole nitrogens is 1. The van der Waals surface area contributed by atoms with Gasteiger partial charge in [0.15, 0.2) is 0 Å². The molecule has 1 aromatic carbocycles. The molecule has 88 valence electrons. The third kappa shape index (κ3) is 3.21. The monoisotopic (exact) mass is 247 g/mol. The summed E-state index contributed by atoms with van der Waals surface area (Å²) in [5.41, 5.74) is 3.24. The van der Waals surface area contributed by atoms with Crippen LogP contribution in [0.15, 0.2) is 36.4 Å². The van der Waals surface area contributed by atoms with E-state index in [1.807, 2.05) is 36.4 Å². The zero-order valence-corrected chi connectivity index (χ0v) is 10.4. The van der Waals surface area contributed by atoms with E-state index < -0.39 is 0 Å². The SMILES string of the molecule is CC(=O)CCc1ccc(-c2ccc(Cl)cc2)[nH]1. The normalized spacial score (nSPS) is 10.5. The Labute approximate surface area is 106 Å². The fourth-order valence-electron chi connectivity index (χ4n) is 1.69. The third-order valence-corrected chi connectivity index (χ3v) is 2.90. The van der Waals surface area contributed by atoms with Crippen LogP contribution in [0.1, 0.15) is 19.0 Å². The number of ketones is 1. The van der Waals surface area contributed by atoms with Crippen molar-refractivity contribution in [3.8, 4) is 11.3 Å². The van der Waals surface area contributed by atoms with Crippen molar-refractivity contribution >= 4 is 17.4 Å². The quantitative estimate of drug-likeness (QED) is 0.875. The highest BCUT2D eigenvalue weighted by Crippen LogP contribution is 2.21. The summed E-state index contributed by atoms with van der Waals surface area (Å²) in [7, 11) is 0. The van der Waals surface area contributed by atoms with E-state index >= 15 is 0 Å². The Morgan fingerprint density at radius 2 is 1.88 bits per heavy atom. The first-order valence-corrected chi connectivity index (χ1v) is 5.96. The lowest BCUT2D eigenvalue weighted by molar-refractivity contribution is -0.116. The summed E-state index contributed by atoms with van der Waals surface area (Å²) in [6, 6.07) is 11.7. The van der Waals surface area contributed by atoms with Crippen molar-refractivity contribution in [2.24, 2.45) is 0 Å². The van der Waals surface area contributed by atoms with E-state index in [0.717, 1.165) is 28.4 Å². The van der Waals surface area contributed by atoms with Gasteiger partial charge in [0.25, 0.3) is 0 Å². The zero-order valence-electron chi connectivity index (χ0n) is 9.66. The molecule has 0 unspecified atom stereocenters. The van der Waals surface area contributed by atoms with Gasteiger partial charge in [-0.15, -0.1) is 0 Å². The molecule has 2 nitrogen and oxygen atoms in total. The molecule has 0 aliphatic heterocycles. The molecule has 0 amide bonds. The number of nitrogens with one attached hydrogen (secondary N) is 1. The number of halogens is 1. The second kappa shape index (κ2) is 5.19. The molecule has 0 saturated carbocycles. The topological polar surface area (TPSA) is 32.9 Å². The van der Waals surface area contributed by atoms with Crippen LogP contribution in [0.3, 0.4) is 0 Å². The fourth-order valence-corrected chi connectivity index (χ4v) is 1.82. The van der Waals surface area contributed by atoms with Gasteiger partial charge in [-0.3, -0.25) is 0 Å². The third-order valence-electron chi connectivity index (χ3n) is 2.65. The van der Waals surface area contributed by atoms with Gasteiger partial charge in [0.1, 0.15) is 5.78 Å². The molecule has 0 fully saturated rings. The van der Waals surface area contributed by atoms with Gasteiger partial charge in [0.2, 0.25) is 0 Å². The largest absolute Gasteiger partial charge is 0.358 e. The summed E-state index contributed by atoms with van der Waals surface area (Å²) in [4.78, 5) is 14.2. The van der Waals surface area contributed by atoms with Crippen molar-refractivity contribution in [2.75, 3.05) is 0 Å². The first kappa shape index (κ1) is 11.9. The summed E-state index contributed by atoms with van der Waals surface area (Å²) in [6.07, 6.45) is 1.35. The molecule has 0 aliphatic carbocycles. The Morgan fingerprint density at radius 1 is 1.18 bits per heavy atom. The van der Waals surface area contributed by atoms with Gasteiger partial charge in [-0.2, -0.15) is 0 Å². The first-order chi connectivity index (χ1) is 8.15. The molecule has 0 saturated heterocycles. The van der Waals surface area contributed by atoms with Crippen LogP contribution in [0, 0.1) is 0 Å². The van der Waals surface area contributed by atoms with Crippen LogP contribution in [0.25, 0.3) is 11.3 Å². The minimum atomic E-state index is 0.215. The minimum absolute atomic E-state index is 0.215. The van der Waals surface area contributed by atoms with Crippen LogP contribution in [0.4, 0.5) is 0 Å². The summed E-state index contributed by atoms with van der Waals surface area (Å²) < 4.78 is 0. The Bertz CT molecular complexity index is 513. The zero-order chi connectivity index (χ0) is 12.3. The van der Waals surface area contributed by atoms with E-state index in [1.165, 1.54) is 0 Å². The van der Waals surface area contributed by atoms with Crippen molar-refractivity contribution < 1.29 is 4.79 Å². The molecule has 17 heavy (non-hydrogen) atoms. The Hall–Kier alpha value is -1.54. The second-order valence-electron chi connectivity index (χ2n) is 4.11. The molecule has 0 spiro atoms. The van der Waals surface area contributed by atoms with Gasteiger partial charge in [-0.1, -0.05) is 23.7 Å². The van der Waals surface area contributed by atoms with Crippen molar-refractivity contribution in [1.29, 1.82) is 0 Å². The van der Waals surface area contributed by atoms with Crippen LogP contribution in [0.5, 0.6) is 0 Å². The molecule has 0 radical (unpaired) electrons. The predicted molar refractivity (Wildman–Crippen MR) is 70.2 cm³/mol. The van der Waals surface area contributed by atoms with Gasteiger partial charge < -0.3 is 9.78 Å². The first-order valence-electron chi connectivity index (χ1n) is 5.58. The maximum Gasteiger partial charge on any atom is 0.130 e.